The van der Waals surface area contributed by atoms with Gasteiger partial charge in [-0.25, -0.2) is 0 Å². The molecule has 0 amide bonds. The summed E-state index contributed by atoms with van der Waals surface area (Å²) in [7, 11) is -20.9. The van der Waals surface area contributed by atoms with Crippen LogP contribution in [0.15, 0.2) is 94.6 Å². The molecular weight excluding hydrogens is 685 g/mol. The van der Waals surface area contributed by atoms with Crippen LogP contribution >= 0.6 is 0 Å². The minimum atomic E-state index is -5.38. The Bertz CT molecular complexity index is 2400. The maximum Gasteiger partial charge on any atom is 0.296 e. The largest absolute Gasteiger partial charge is 0.505 e. The van der Waals surface area contributed by atoms with Crippen LogP contribution in [0.3, 0.4) is 0 Å². The molecule has 0 aliphatic rings. The number of fused-ring (bicyclic) bond motifs is 1. The zero-order valence-corrected chi connectivity index (χ0v) is 25.0. The van der Waals surface area contributed by atoms with E-state index in [0.717, 1.165) is 0 Å². The smallest absolute Gasteiger partial charge is 0.296 e. The molecule has 0 radical (unpaired) electrons. The summed E-state index contributed by atoms with van der Waals surface area (Å²) in [6, 6.07) is 9.63. The van der Waals surface area contributed by atoms with E-state index >= 15 is 0 Å². The van der Waals surface area contributed by atoms with Crippen LogP contribution in [0.1, 0.15) is 0 Å². The molecule has 0 fully saturated rings. The highest BCUT2D eigenvalue weighted by Crippen LogP contribution is 2.48. The molecule has 0 heterocycles. The number of nitrogens with zero attached hydrogens (tertiary/aromatic N) is 4. The van der Waals surface area contributed by atoms with Crippen molar-refractivity contribution in [1.82, 2.24) is 0 Å². The van der Waals surface area contributed by atoms with Crippen LogP contribution in [0.2, 0.25) is 0 Å². The number of nitrogen functional groups attached to an aromatic ring is 2. The molecule has 0 saturated carbocycles. The molecule has 0 spiro atoms. The van der Waals surface area contributed by atoms with Crippen LogP contribution in [0, 0.1) is 0 Å². The predicted molar refractivity (Wildman–Crippen MR) is 155 cm³/mol. The Balaban J connectivity index is 2.09. The molecule has 9 N–H and O–H groups in total. The minimum absolute atomic E-state index is 0.195. The lowest BCUT2D eigenvalue weighted by Crippen LogP contribution is -2.06. The van der Waals surface area contributed by atoms with Crippen molar-refractivity contribution in [3.8, 4) is 5.75 Å². The quantitative estimate of drug-likeness (QED) is 0.0784. The van der Waals surface area contributed by atoms with Gasteiger partial charge in [-0.2, -0.15) is 38.8 Å². The minimum Gasteiger partial charge on any atom is -0.505 e. The van der Waals surface area contributed by atoms with Crippen molar-refractivity contribution >= 4 is 85.4 Å². The molecule has 0 unspecified atom stereocenters. The van der Waals surface area contributed by atoms with E-state index in [4.69, 9.17) is 11.5 Å². The second-order valence-electron chi connectivity index (χ2n) is 8.80. The second-order valence-corrected chi connectivity index (χ2v) is 14.4. The summed E-state index contributed by atoms with van der Waals surface area (Å²) in [5.41, 5.74) is 7.24. The maximum atomic E-state index is 12.3. The summed E-state index contributed by atoms with van der Waals surface area (Å²) in [4.78, 5) is -4.53. The van der Waals surface area contributed by atoms with E-state index in [1.165, 1.54) is 12.1 Å². The molecule has 0 saturated heterocycles. The zero-order valence-electron chi connectivity index (χ0n) is 21.8. The number of hydrogen-bond acceptors (Lipinski definition) is 15. The second kappa shape index (κ2) is 11.4. The summed E-state index contributed by atoms with van der Waals surface area (Å²) in [6.07, 6.45) is 0. The first-order valence-corrected chi connectivity index (χ1v) is 17.2. The van der Waals surface area contributed by atoms with Crippen LogP contribution in [-0.4, -0.2) is 57.0 Å². The van der Waals surface area contributed by atoms with Gasteiger partial charge < -0.3 is 16.6 Å². The Morgan fingerprint density at radius 1 is 0.556 bits per heavy atom. The van der Waals surface area contributed by atoms with Gasteiger partial charge in [-0.1, -0.05) is 18.2 Å². The normalized spacial score (nSPS) is 13.2. The Morgan fingerprint density at radius 3 is 1.56 bits per heavy atom. The molecule has 4 aromatic carbocycles. The number of benzene rings is 4. The van der Waals surface area contributed by atoms with Crippen LogP contribution in [0.25, 0.3) is 10.8 Å². The summed E-state index contributed by atoms with van der Waals surface area (Å²) in [5.74, 6) is -1.22. The fraction of sp³-hybridized carbons (Fsp3) is 0. The van der Waals surface area contributed by atoms with E-state index in [-0.39, 0.29) is 5.69 Å². The number of phenolic OH excluding ortho intramolecular Hbond substituents is 1. The van der Waals surface area contributed by atoms with E-state index in [1.54, 1.807) is 18.2 Å². The first-order chi connectivity index (χ1) is 20.6. The summed E-state index contributed by atoms with van der Waals surface area (Å²) >= 11 is 0. The van der Waals surface area contributed by atoms with Gasteiger partial charge in [-0.15, -0.1) is 15.3 Å². The number of phenols is 1. The van der Waals surface area contributed by atoms with E-state index in [2.05, 4.69) is 20.5 Å². The van der Waals surface area contributed by atoms with Crippen molar-refractivity contribution in [1.29, 1.82) is 0 Å². The number of hydrogen-bond donors (Lipinski definition) is 7. The van der Waals surface area contributed by atoms with E-state index in [0.29, 0.717) is 24.3 Å². The van der Waals surface area contributed by atoms with Crippen molar-refractivity contribution in [3.05, 3.63) is 54.6 Å². The molecule has 0 aliphatic heterocycles. The monoisotopic (exact) mass is 702 g/mol. The molecule has 23 heteroatoms. The summed E-state index contributed by atoms with van der Waals surface area (Å²) in [5, 5.41) is 24.4. The number of anilines is 2. The molecule has 238 valence electrons. The van der Waals surface area contributed by atoms with Gasteiger partial charge in [-0.3, -0.25) is 18.2 Å². The molecule has 0 atom stereocenters. The van der Waals surface area contributed by atoms with Gasteiger partial charge >= 0.3 is 0 Å². The average molecular weight is 703 g/mol. The lowest BCUT2D eigenvalue weighted by Gasteiger charge is -2.14. The van der Waals surface area contributed by atoms with Gasteiger partial charge in [0.15, 0.2) is 5.75 Å². The Hall–Kier alpha value is -4.62. The molecule has 0 aromatic heterocycles. The van der Waals surface area contributed by atoms with Crippen LogP contribution in [0.4, 0.5) is 34.1 Å². The van der Waals surface area contributed by atoms with E-state index in [9.17, 15) is 57.0 Å². The standard InChI is InChI=1S/C22H18N6O13S4/c23-12-8-15(43(33,34)35)13(9-14(12)42(30,31)32)26-28-21-17(45(39,40)41)7-10-6-16(44(36,37)38)20(19(24)18(10)22(21)29)27-25-11-4-2-1-3-5-11/h1-9,29H,23-24H2,(H,30,31,32)(H,33,34,35)(H,36,37,38)(H,39,40,41). The van der Waals surface area contributed by atoms with E-state index in [1.807, 2.05) is 0 Å². The van der Waals surface area contributed by atoms with Gasteiger partial charge in [0, 0.05) is 0 Å². The first kappa shape index (κ1) is 33.3. The topological polar surface area (TPSA) is 339 Å². The highest BCUT2D eigenvalue weighted by atomic mass is 32.2. The van der Waals surface area contributed by atoms with Gasteiger partial charge in [-0.05, 0) is 41.8 Å². The number of nitrogens with two attached hydrogens (primary N) is 2. The third-order valence-electron chi connectivity index (χ3n) is 5.80. The van der Waals surface area contributed by atoms with Gasteiger partial charge in [0.25, 0.3) is 40.5 Å². The number of aromatic hydroxyl groups is 1. The Labute approximate surface area is 253 Å². The zero-order chi connectivity index (χ0) is 33.7. The lowest BCUT2D eigenvalue weighted by molar-refractivity contribution is 0.472. The van der Waals surface area contributed by atoms with Crippen molar-refractivity contribution < 1.29 is 57.0 Å². The van der Waals surface area contributed by atoms with E-state index < -0.39 is 105 Å². The van der Waals surface area contributed by atoms with Crippen molar-refractivity contribution in [2.24, 2.45) is 20.5 Å². The highest BCUT2D eigenvalue weighted by molar-refractivity contribution is 7.87. The van der Waals surface area contributed by atoms with Crippen LogP contribution in [0.5, 0.6) is 5.75 Å². The maximum absolute atomic E-state index is 12.3. The fourth-order valence-electron chi connectivity index (χ4n) is 3.88. The van der Waals surface area contributed by atoms with Crippen LogP contribution < -0.4 is 11.5 Å². The molecular formula is C22H18N6O13S4. The number of azo groups is 2. The first-order valence-electron chi connectivity index (χ1n) is 11.4. The molecule has 0 bridgehead atoms. The average Bonchev–Trinajstić information content (AvgIpc) is 2.90. The van der Waals surface area contributed by atoms with Crippen molar-refractivity contribution in [3.63, 3.8) is 0 Å². The predicted octanol–water partition coefficient (Wildman–Crippen LogP) is 3.53. The molecule has 0 aliphatic carbocycles. The lowest BCUT2D eigenvalue weighted by atomic mass is 10.1. The summed E-state index contributed by atoms with van der Waals surface area (Å²) < 4.78 is 135. The number of rotatable bonds is 8. The third-order valence-corrected chi connectivity index (χ3v) is 9.32. The third kappa shape index (κ3) is 6.89. The molecule has 4 rings (SSSR count). The molecule has 4 aromatic rings. The highest BCUT2D eigenvalue weighted by Gasteiger charge is 2.29. The molecule has 45 heavy (non-hydrogen) atoms. The Morgan fingerprint density at radius 2 is 1.04 bits per heavy atom. The van der Waals surface area contributed by atoms with Crippen molar-refractivity contribution in [2.75, 3.05) is 11.5 Å². The molecule has 19 nitrogen and oxygen atoms in total. The Kier molecular flexibility index (Phi) is 8.42. The SMILES string of the molecule is Nc1cc(S(=O)(=O)O)c(N=Nc2c(S(=O)(=O)O)cc3cc(S(=O)(=O)O)c(N=Nc4ccccc4)c(N)c3c2O)cc1S(=O)(=O)O. The van der Waals surface area contributed by atoms with Gasteiger partial charge in [0.1, 0.15) is 36.6 Å². The van der Waals surface area contributed by atoms with Crippen LogP contribution in [-0.2, 0) is 40.5 Å². The van der Waals surface area contributed by atoms with Crippen molar-refractivity contribution in [2.45, 2.75) is 19.6 Å². The summed E-state index contributed by atoms with van der Waals surface area (Å²) in [6.45, 7) is 0. The van der Waals surface area contributed by atoms with Gasteiger partial charge in [0.2, 0.25) is 0 Å². The fourth-order valence-corrected chi connectivity index (χ4v) is 6.47. The van der Waals surface area contributed by atoms with Gasteiger partial charge in [0.05, 0.1) is 22.4 Å².